The third-order valence-corrected chi connectivity index (χ3v) is 5.70. The highest BCUT2D eigenvalue weighted by molar-refractivity contribution is 6.10. The molecule has 0 spiro atoms. The van der Waals surface area contributed by atoms with Gasteiger partial charge in [0.25, 0.3) is 5.91 Å². The predicted octanol–water partition coefficient (Wildman–Crippen LogP) is 5.47. The van der Waals surface area contributed by atoms with Gasteiger partial charge in [-0.2, -0.15) is 0 Å². The number of benzene rings is 3. The van der Waals surface area contributed by atoms with E-state index in [0.29, 0.717) is 12.1 Å². The van der Waals surface area contributed by atoms with Gasteiger partial charge >= 0.3 is 0 Å². The summed E-state index contributed by atoms with van der Waals surface area (Å²) < 4.78 is 0. The standard InChI is InChI=1S/C29H30N2O2/c1-20-14-16-22(17-15-20)25-18-23-12-8-9-13-24(23)28(33)31(19-21-10-6-5-7-11-21)26(25)27(32)30-29(2,3)4/h5-18,26H,19H2,1-4H3,(H,30,32). The van der Waals surface area contributed by atoms with Gasteiger partial charge in [-0.05, 0) is 62.1 Å². The van der Waals surface area contributed by atoms with Gasteiger partial charge in [0, 0.05) is 17.6 Å². The predicted molar refractivity (Wildman–Crippen MR) is 133 cm³/mol. The monoisotopic (exact) mass is 438 g/mol. The first kappa shape index (κ1) is 22.5. The van der Waals surface area contributed by atoms with Crippen LogP contribution in [0.1, 0.15) is 53.4 Å². The maximum absolute atomic E-state index is 13.9. The van der Waals surface area contributed by atoms with Crippen molar-refractivity contribution in [3.63, 3.8) is 0 Å². The van der Waals surface area contributed by atoms with Crippen molar-refractivity contribution >= 4 is 23.5 Å². The molecule has 0 saturated carbocycles. The van der Waals surface area contributed by atoms with Gasteiger partial charge in [0.15, 0.2) is 0 Å². The Morgan fingerprint density at radius 2 is 1.55 bits per heavy atom. The highest BCUT2D eigenvalue weighted by Gasteiger charge is 2.38. The number of aryl methyl sites for hydroxylation is 1. The van der Waals surface area contributed by atoms with Gasteiger partial charge in [-0.1, -0.05) is 78.4 Å². The number of nitrogens with zero attached hydrogens (tertiary/aromatic N) is 1. The van der Waals surface area contributed by atoms with E-state index in [2.05, 4.69) is 5.32 Å². The molecule has 1 unspecified atom stereocenters. The second-order valence-corrected chi connectivity index (χ2v) is 9.61. The Labute approximate surface area is 195 Å². The summed E-state index contributed by atoms with van der Waals surface area (Å²) in [6, 6.07) is 24.7. The van der Waals surface area contributed by atoms with Gasteiger partial charge < -0.3 is 10.2 Å². The molecule has 4 nitrogen and oxygen atoms in total. The van der Waals surface area contributed by atoms with Crippen LogP contribution in [0.2, 0.25) is 0 Å². The second kappa shape index (κ2) is 9.07. The quantitative estimate of drug-likeness (QED) is 0.587. The molecule has 3 aromatic rings. The summed E-state index contributed by atoms with van der Waals surface area (Å²) in [6.07, 6.45) is 2.00. The molecule has 1 N–H and O–H groups in total. The molecule has 33 heavy (non-hydrogen) atoms. The molecule has 4 rings (SSSR count). The molecule has 168 valence electrons. The van der Waals surface area contributed by atoms with Gasteiger partial charge in [-0.15, -0.1) is 0 Å². The van der Waals surface area contributed by atoms with Crippen LogP contribution in [0, 0.1) is 6.92 Å². The molecule has 0 fully saturated rings. The van der Waals surface area contributed by atoms with Crippen molar-refractivity contribution in [2.24, 2.45) is 0 Å². The Morgan fingerprint density at radius 1 is 0.909 bits per heavy atom. The van der Waals surface area contributed by atoms with E-state index in [1.165, 1.54) is 0 Å². The van der Waals surface area contributed by atoms with Crippen LogP contribution in [0.3, 0.4) is 0 Å². The topological polar surface area (TPSA) is 49.4 Å². The SMILES string of the molecule is Cc1ccc(C2=Cc3ccccc3C(=O)N(Cc3ccccc3)C2C(=O)NC(C)(C)C)cc1. The fourth-order valence-electron chi connectivity index (χ4n) is 4.16. The zero-order chi connectivity index (χ0) is 23.6. The number of hydrogen-bond acceptors (Lipinski definition) is 2. The minimum absolute atomic E-state index is 0.151. The summed E-state index contributed by atoms with van der Waals surface area (Å²) in [5.41, 5.74) is 4.84. The molecule has 1 aliphatic rings. The lowest BCUT2D eigenvalue weighted by Crippen LogP contribution is -2.53. The maximum Gasteiger partial charge on any atom is 0.255 e. The Balaban J connectivity index is 1.91. The van der Waals surface area contributed by atoms with E-state index in [0.717, 1.165) is 27.8 Å². The first-order valence-electron chi connectivity index (χ1n) is 11.3. The Kier molecular flexibility index (Phi) is 6.19. The van der Waals surface area contributed by atoms with Crippen LogP contribution in [0.4, 0.5) is 0 Å². The van der Waals surface area contributed by atoms with Crippen LogP contribution >= 0.6 is 0 Å². The fourth-order valence-corrected chi connectivity index (χ4v) is 4.16. The van der Waals surface area contributed by atoms with E-state index < -0.39 is 11.6 Å². The van der Waals surface area contributed by atoms with Crippen molar-refractivity contribution in [2.45, 2.75) is 45.8 Å². The summed E-state index contributed by atoms with van der Waals surface area (Å²) in [7, 11) is 0. The number of nitrogens with one attached hydrogen (secondary N) is 1. The molecule has 1 heterocycles. The van der Waals surface area contributed by atoms with Crippen molar-refractivity contribution < 1.29 is 9.59 Å². The lowest BCUT2D eigenvalue weighted by molar-refractivity contribution is -0.125. The van der Waals surface area contributed by atoms with E-state index in [9.17, 15) is 9.59 Å². The normalized spacial score (nSPS) is 16.0. The largest absolute Gasteiger partial charge is 0.349 e. The van der Waals surface area contributed by atoms with Gasteiger partial charge in [-0.3, -0.25) is 9.59 Å². The third-order valence-electron chi connectivity index (χ3n) is 5.70. The number of carbonyl (C=O) groups is 2. The minimum Gasteiger partial charge on any atom is -0.349 e. The van der Waals surface area contributed by atoms with Crippen molar-refractivity contribution in [3.8, 4) is 0 Å². The van der Waals surface area contributed by atoms with Crippen LogP contribution in [0.15, 0.2) is 78.9 Å². The first-order valence-corrected chi connectivity index (χ1v) is 11.3. The van der Waals surface area contributed by atoms with E-state index >= 15 is 0 Å². The van der Waals surface area contributed by atoms with Crippen LogP contribution in [-0.4, -0.2) is 28.3 Å². The number of fused-ring (bicyclic) bond motifs is 1. The second-order valence-electron chi connectivity index (χ2n) is 9.61. The van der Waals surface area contributed by atoms with Gasteiger partial charge in [0.2, 0.25) is 5.91 Å². The highest BCUT2D eigenvalue weighted by atomic mass is 16.2. The maximum atomic E-state index is 13.9. The Morgan fingerprint density at radius 3 is 2.21 bits per heavy atom. The molecule has 1 aliphatic heterocycles. The fraction of sp³-hybridized carbons (Fsp3) is 0.241. The third kappa shape index (κ3) is 5.06. The van der Waals surface area contributed by atoms with Crippen molar-refractivity contribution in [1.82, 2.24) is 10.2 Å². The zero-order valence-corrected chi connectivity index (χ0v) is 19.6. The molecule has 4 heteroatoms. The molecule has 1 atom stereocenters. The molecule has 0 aromatic heterocycles. The number of amides is 2. The number of carbonyl (C=O) groups excluding carboxylic acids is 2. The zero-order valence-electron chi connectivity index (χ0n) is 19.6. The molecule has 0 radical (unpaired) electrons. The molecular formula is C29H30N2O2. The van der Waals surface area contributed by atoms with Crippen LogP contribution in [0.5, 0.6) is 0 Å². The van der Waals surface area contributed by atoms with Crippen LogP contribution < -0.4 is 5.32 Å². The molecular weight excluding hydrogens is 408 g/mol. The van der Waals surface area contributed by atoms with Crippen LogP contribution in [-0.2, 0) is 11.3 Å². The Bertz CT molecular complexity index is 1190. The summed E-state index contributed by atoms with van der Waals surface area (Å²) in [5, 5.41) is 3.12. The summed E-state index contributed by atoms with van der Waals surface area (Å²) >= 11 is 0. The van der Waals surface area contributed by atoms with E-state index in [1.807, 2.05) is 113 Å². The molecule has 0 aliphatic carbocycles. The average Bonchev–Trinajstić information content (AvgIpc) is 2.89. The van der Waals surface area contributed by atoms with Crippen molar-refractivity contribution in [3.05, 3.63) is 107 Å². The lowest BCUT2D eigenvalue weighted by atomic mass is 9.93. The molecule has 2 amide bonds. The molecule has 0 saturated heterocycles. The van der Waals surface area contributed by atoms with E-state index in [-0.39, 0.29) is 11.8 Å². The Hall–Kier alpha value is -3.66. The van der Waals surface area contributed by atoms with Gasteiger partial charge in [0.1, 0.15) is 6.04 Å². The molecule has 3 aromatic carbocycles. The van der Waals surface area contributed by atoms with Gasteiger partial charge in [-0.25, -0.2) is 0 Å². The average molecular weight is 439 g/mol. The first-order chi connectivity index (χ1) is 15.7. The highest BCUT2D eigenvalue weighted by Crippen LogP contribution is 2.33. The van der Waals surface area contributed by atoms with Crippen LogP contribution in [0.25, 0.3) is 11.6 Å². The summed E-state index contributed by atoms with van der Waals surface area (Å²) in [4.78, 5) is 29.3. The minimum atomic E-state index is -0.771. The van der Waals surface area contributed by atoms with Gasteiger partial charge in [0.05, 0.1) is 0 Å². The number of hydrogen-bond donors (Lipinski definition) is 1. The smallest absolute Gasteiger partial charge is 0.255 e. The van der Waals surface area contributed by atoms with E-state index in [4.69, 9.17) is 0 Å². The van der Waals surface area contributed by atoms with Crippen molar-refractivity contribution in [2.75, 3.05) is 0 Å². The lowest BCUT2D eigenvalue weighted by Gasteiger charge is -2.34. The summed E-state index contributed by atoms with van der Waals surface area (Å²) in [6.45, 7) is 8.23. The molecule has 0 bridgehead atoms. The van der Waals surface area contributed by atoms with E-state index in [1.54, 1.807) is 4.90 Å². The van der Waals surface area contributed by atoms with Crippen molar-refractivity contribution in [1.29, 1.82) is 0 Å². The number of rotatable bonds is 4. The summed E-state index contributed by atoms with van der Waals surface area (Å²) in [5.74, 6) is -0.340.